The van der Waals surface area contributed by atoms with E-state index in [-0.39, 0.29) is 24.6 Å². The number of amides is 1. The Morgan fingerprint density at radius 2 is 1.70 bits per heavy atom. The molecule has 2 aromatic carbocycles. The van der Waals surface area contributed by atoms with Gasteiger partial charge in [-0.25, -0.2) is 8.42 Å². The van der Waals surface area contributed by atoms with Crippen LogP contribution in [0.2, 0.25) is 10.0 Å². The molecular weight excluding hydrogens is 411 g/mol. The lowest BCUT2D eigenvalue weighted by Crippen LogP contribution is -2.41. The van der Waals surface area contributed by atoms with E-state index < -0.39 is 22.5 Å². The van der Waals surface area contributed by atoms with Crippen molar-refractivity contribution in [3.05, 3.63) is 63.6 Å². The highest BCUT2D eigenvalue weighted by Crippen LogP contribution is 2.28. The number of hydrogen-bond acceptors (Lipinski definition) is 4. The van der Waals surface area contributed by atoms with Crippen LogP contribution in [-0.2, 0) is 21.4 Å². The molecule has 9 heteroatoms. The smallest absolute Gasteiger partial charge is 0.243 e. The molecule has 0 heterocycles. The number of carbonyl (C=O) groups is 1. The zero-order valence-corrected chi connectivity index (χ0v) is 17.0. The Hall–Kier alpha value is -1.64. The topological polar surface area (TPSA) is 86.7 Å². The second-order valence-corrected chi connectivity index (χ2v) is 8.61. The van der Waals surface area contributed by atoms with E-state index in [1.54, 1.807) is 30.3 Å². The SMILES string of the molecule is Cc1ccc(S(=O)(=O)N(CC(=O)NCCO)Cc2c(Cl)cccc2Cl)cc1. The maximum absolute atomic E-state index is 13.1. The van der Waals surface area contributed by atoms with Crippen LogP contribution in [-0.4, -0.2) is 43.4 Å². The zero-order chi connectivity index (χ0) is 20.0. The van der Waals surface area contributed by atoms with Gasteiger partial charge in [-0.05, 0) is 31.2 Å². The molecule has 6 nitrogen and oxygen atoms in total. The second-order valence-electron chi connectivity index (χ2n) is 5.86. The van der Waals surface area contributed by atoms with Crippen LogP contribution in [0.15, 0.2) is 47.4 Å². The predicted molar refractivity (Wildman–Crippen MR) is 105 cm³/mol. The summed E-state index contributed by atoms with van der Waals surface area (Å²) in [7, 11) is -3.98. The number of sulfonamides is 1. The molecule has 1 amide bonds. The number of nitrogens with zero attached hydrogens (tertiary/aromatic N) is 1. The highest BCUT2D eigenvalue weighted by molar-refractivity contribution is 7.89. The molecule has 2 aromatic rings. The number of nitrogens with one attached hydrogen (secondary N) is 1. The van der Waals surface area contributed by atoms with Gasteiger partial charge in [-0.1, -0.05) is 47.0 Å². The third kappa shape index (κ3) is 5.67. The van der Waals surface area contributed by atoms with Crippen LogP contribution in [0, 0.1) is 6.92 Å². The number of aliphatic hydroxyl groups excluding tert-OH is 1. The quantitative estimate of drug-likeness (QED) is 0.673. The van der Waals surface area contributed by atoms with E-state index in [0.717, 1.165) is 9.87 Å². The molecule has 27 heavy (non-hydrogen) atoms. The van der Waals surface area contributed by atoms with Gasteiger partial charge in [0.1, 0.15) is 0 Å². The Bertz CT molecular complexity index is 882. The van der Waals surface area contributed by atoms with Crippen LogP contribution in [0.25, 0.3) is 0 Å². The highest BCUT2D eigenvalue weighted by Gasteiger charge is 2.28. The van der Waals surface area contributed by atoms with Gasteiger partial charge in [0.15, 0.2) is 0 Å². The Morgan fingerprint density at radius 3 is 2.26 bits per heavy atom. The average Bonchev–Trinajstić information content (AvgIpc) is 2.62. The summed E-state index contributed by atoms with van der Waals surface area (Å²) in [6.45, 7) is 1.04. The number of hydrogen-bond donors (Lipinski definition) is 2. The first-order valence-electron chi connectivity index (χ1n) is 8.13. The molecule has 0 radical (unpaired) electrons. The van der Waals surface area contributed by atoms with Gasteiger partial charge in [-0.3, -0.25) is 4.79 Å². The van der Waals surface area contributed by atoms with Crippen molar-refractivity contribution in [2.45, 2.75) is 18.4 Å². The first kappa shape index (κ1) is 21.7. The Labute approximate surface area is 168 Å². The van der Waals surface area contributed by atoms with Gasteiger partial charge in [0, 0.05) is 28.7 Å². The Morgan fingerprint density at radius 1 is 1.11 bits per heavy atom. The van der Waals surface area contributed by atoms with Gasteiger partial charge >= 0.3 is 0 Å². The van der Waals surface area contributed by atoms with Gasteiger partial charge in [0.05, 0.1) is 18.0 Å². The molecule has 0 spiro atoms. The summed E-state index contributed by atoms with van der Waals surface area (Å²) in [5.41, 5.74) is 1.32. The minimum Gasteiger partial charge on any atom is -0.395 e. The van der Waals surface area contributed by atoms with E-state index >= 15 is 0 Å². The molecule has 0 aliphatic carbocycles. The average molecular weight is 431 g/mol. The molecule has 0 aromatic heterocycles. The summed E-state index contributed by atoms with van der Waals surface area (Å²) in [6, 6.07) is 11.2. The van der Waals surface area contributed by atoms with Crippen LogP contribution in [0.4, 0.5) is 0 Å². The van der Waals surface area contributed by atoms with Crippen LogP contribution < -0.4 is 5.32 Å². The van der Waals surface area contributed by atoms with Crippen molar-refractivity contribution in [2.24, 2.45) is 0 Å². The Balaban J connectivity index is 2.39. The maximum Gasteiger partial charge on any atom is 0.243 e. The first-order valence-corrected chi connectivity index (χ1v) is 10.3. The summed E-state index contributed by atoms with van der Waals surface area (Å²) in [5, 5.41) is 11.9. The minimum absolute atomic E-state index is 0.0318. The van der Waals surface area contributed by atoms with E-state index in [0.29, 0.717) is 15.6 Å². The minimum atomic E-state index is -3.98. The number of halogens is 2. The third-order valence-electron chi connectivity index (χ3n) is 3.81. The van der Waals surface area contributed by atoms with Crippen molar-refractivity contribution in [3.8, 4) is 0 Å². The summed E-state index contributed by atoms with van der Waals surface area (Å²) >= 11 is 12.3. The lowest BCUT2D eigenvalue weighted by molar-refractivity contribution is -0.121. The number of aliphatic hydroxyl groups is 1. The number of benzene rings is 2. The summed E-state index contributed by atoms with van der Waals surface area (Å²) in [6.07, 6.45) is 0. The van der Waals surface area contributed by atoms with Crippen molar-refractivity contribution in [1.82, 2.24) is 9.62 Å². The normalized spacial score (nSPS) is 11.6. The number of carbonyl (C=O) groups excluding carboxylic acids is 1. The molecular formula is C18H20Cl2N2O4S. The van der Waals surface area contributed by atoms with E-state index in [1.165, 1.54) is 12.1 Å². The third-order valence-corrected chi connectivity index (χ3v) is 6.32. The van der Waals surface area contributed by atoms with E-state index in [9.17, 15) is 13.2 Å². The monoisotopic (exact) mass is 430 g/mol. The lowest BCUT2D eigenvalue weighted by Gasteiger charge is -2.23. The fourth-order valence-electron chi connectivity index (χ4n) is 2.36. The molecule has 0 aliphatic rings. The standard InChI is InChI=1S/C18H20Cl2N2O4S/c1-13-5-7-14(8-6-13)27(25,26)22(12-18(24)21-9-10-23)11-15-16(19)3-2-4-17(15)20/h2-8,23H,9-12H2,1H3,(H,21,24). The van der Waals surface area contributed by atoms with Gasteiger partial charge in [-0.2, -0.15) is 4.31 Å². The van der Waals surface area contributed by atoms with Gasteiger partial charge in [-0.15, -0.1) is 0 Å². The van der Waals surface area contributed by atoms with Gasteiger partial charge in [0.2, 0.25) is 15.9 Å². The van der Waals surface area contributed by atoms with Crippen LogP contribution in [0.3, 0.4) is 0 Å². The molecule has 2 N–H and O–H groups in total. The predicted octanol–water partition coefficient (Wildman–Crippen LogP) is 2.60. The largest absolute Gasteiger partial charge is 0.395 e. The number of rotatable bonds is 8. The van der Waals surface area contributed by atoms with Crippen LogP contribution in [0.5, 0.6) is 0 Å². The van der Waals surface area contributed by atoms with Crippen molar-refractivity contribution >= 4 is 39.1 Å². The fraction of sp³-hybridized carbons (Fsp3) is 0.278. The second kappa shape index (κ2) is 9.52. The summed E-state index contributed by atoms with van der Waals surface area (Å²) in [4.78, 5) is 12.2. The highest BCUT2D eigenvalue weighted by atomic mass is 35.5. The Kier molecular flexibility index (Phi) is 7.64. The molecule has 0 unspecified atom stereocenters. The molecule has 0 fully saturated rings. The van der Waals surface area contributed by atoms with E-state index in [1.807, 2.05) is 6.92 Å². The zero-order valence-electron chi connectivity index (χ0n) is 14.7. The maximum atomic E-state index is 13.1. The van der Waals surface area contributed by atoms with Gasteiger partial charge in [0.25, 0.3) is 0 Å². The van der Waals surface area contributed by atoms with Crippen LogP contribution in [0.1, 0.15) is 11.1 Å². The van der Waals surface area contributed by atoms with Crippen molar-refractivity contribution in [2.75, 3.05) is 19.7 Å². The molecule has 0 atom stereocenters. The molecule has 0 saturated carbocycles. The molecule has 0 saturated heterocycles. The van der Waals surface area contributed by atoms with Crippen molar-refractivity contribution in [1.29, 1.82) is 0 Å². The van der Waals surface area contributed by atoms with Crippen LogP contribution >= 0.6 is 23.2 Å². The number of aryl methyl sites for hydroxylation is 1. The van der Waals surface area contributed by atoms with Crippen molar-refractivity contribution in [3.63, 3.8) is 0 Å². The summed E-state index contributed by atoms with van der Waals surface area (Å²) in [5.74, 6) is -0.539. The van der Waals surface area contributed by atoms with E-state index in [2.05, 4.69) is 5.32 Å². The molecule has 0 bridgehead atoms. The molecule has 146 valence electrons. The fourth-order valence-corrected chi connectivity index (χ4v) is 4.24. The van der Waals surface area contributed by atoms with Crippen molar-refractivity contribution < 1.29 is 18.3 Å². The lowest BCUT2D eigenvalue weighted by atomic mass is 10.2. The summed E-state index contributed by atoms with van der Waals surface area (Å²) < 4.78 is 27.2. The molecule has 2 rings (SSSR count). The van der Waals surface area contributed by atoms with Gasteiger partial charge < -0.3 is 10.4 Å². The first-order chi connectivity index (χ1) is 12.8. The molecule has 0 aliphatic heterocycles. The van der Waals surface area contributed by atoms with E-state index in [4.69, 9.17) is 28.3 Å².